The standard InChI is InChI=1S/C22H27N5O2/c1-14-21(15(2)25-13-24-14)22(29)27-11-17-9-26(10-18(17)12-27)19-5-3-4-16(8-19)6-7-20(23)28/h3-5,8,13,17-18H,6-7,9-12H2,1-2H3,(H2,23,28). The fourth-order valence-corrected chi connectivity index (χ4v) is 4.61. The zero-order valence-electron chi connectivity index (χ0n) is 17.0. The zero-order valence-corrected chi connectivity index (χ0v) is 17.0. The first-order valence-electron chi connectivity index (χ1n) is 10.1. The Bertz CT molecular complexity index is 910. The molecule has 152 valence electrons. The molecule has 2 N–H and O–H groups in total. The number of amides is 2. The quantitative estimate of drug-likeness (QED) is 0.835. The van der Waals surface area contributed by atoms with Gasteiger partial charge < -0.3 is 15.5 Å². The molecule has 2 unspecified atom stereocenters. The van der Waals surface area contributed by atoms with Crippen LogP contribution in [0.5, 0.6) is 0 Å². The molecule has 1 aromatic heterocycles. The molecule has 7 nitrogen and oxygen atoms in total. The molecule has 7 heteroatoms. The van der Waals surface area contributed by atoms with E-state index in [2.05, 4.69) is 27.0 Å². The smallest absolute Gasteiger partial charge is 0.257 e. The van der Waals surface area contributed by atoms with E-state index in [4.69, 9.17) is 5.73 Å². The van der Waals surface area contributed by atoms with Gasteiger partial charge in [-0.1, -0.05) is 12.1 Å². The molecular weight excluding hydrogens is 366 g/mol. The number of aryl methyl sites for hydroxylation is 3. The third kappa shape index (κ3) is 3.95. The van der Waals surface area contributed by atoms with E-state index in [-0.39, 0.29) is 11.8 Å². The maximum Gasteiger partial charge on any atom is 0.257 e. The summed E-state index contributed by atoms with van der Waals surface area (Å²) in [6.45, 7) is 7.16. The van der Waals surface area contributed by atoms with Gasteiger partial charge >= 0.3 is 0 Å². The molecule has 1 aromatic carbocycles. The van der Waals surface area contributed by atoms with Gasteiger partial charge in [-0.2, -0.15) is 0 Å². The number of rotatable bonds is 5. The summed E-state index contributed by atoms with van der Waals surface area (Å²) in [4.78, 5) is 36.8. The minimum Gasteiger partial charge on any atom is -0.371 e. The Labute approximate surface area is 170 Å². The highest BCUT2D eigenvalue weighted by Gasteiger charge is 2.42. The Balaban J connectivity index is 1.41. The second kappa shape index (κ2) is 7.81. The number of carbonyl (C=O) groups excluding carboxylic acids is 2. The number of hydrogen-bond acceptors (Lipinski definition) is 5. The van der Waals surface area contributed by atoms with Crippen LogP contribution in [0.4, 0.5) is 5.69 Å². The number of carbonyl (C=O) groups is 2. The minimum atomic E-state index is -0.273. The van der Waals surface area contributed by atoms with Crippen molar-refractivity contribution in [3.63, 3.8) is 0 Å². The molecule has 2 aliphatic rings. The summed E-state index contributed by atoms with van der Waals surface area (Å²) in [5, 5.41) is 0. The Hall–Kier alpha value is -2.96. The van der Waals surface area contributed by atoms with E-state index in [9.17, 15) is 9.59 Å². The molecule has 2 aromatic rings. The maximum atomic E-state index is 13.0. The molecule has 4 rings (SSSR count). The molecule has 2 amide bonds. The van der Waals surface area contributed by atoms with Crippen molar-refractivity contribution in [2.45, 2.75) is 26.7 Å². The topological polar surface area (TPSA) is 92.4 Å². The Morgan fingerprint density at radius 1 is 1.07 bits per heavy atom. The lowest BCUT2D eigenvalue weighted by Crippen LogP contribution is -2.34. The molecule has 0 aliphatic carbocycles. The molecule has 0 bridgehead atoms. The summed E-state index contributed by atoms with van der Waals surface area (Å²) in [5.41, 5.74) is 9.72. The van der Waals surface area contributed by atoms with Gasteiger partial charge in [-0.3, -0.25) is 9.59 Å². The Kier molecular flexibility index (Phi) is 5.22. The number of aromatic nitrogens is 2. The molecule has 2 fully saturated rings. The molecular formula is C22H27N5O2. The van der Waals surface area contributed by atoms with Crippen molar-refractivity contribution in [1.82, 2.24) is 14.9 Å². The van der Waals surface area contributed by atoms with Crippen molar-refractivity contribution in [1.29, 1.82) is 0 Å². The van der Waals surface area contributed by atoms with Crippen LogP contribution in [0.2, 0.25) is 0 Å². The lowest BCUT2D eigenvalue weighted by Gasteiger charge is -2.24. The van der Waals surface area contributed by atoms with Crippen LogP contribution in [0, 0.1) is 25.7 Å². The normalized spacial score (nSPS) is 20.8. The predicted molar refractivity (Wildman–Crippen MR) is 111 cm³/mol. The number of nitrogens with two attached hydrogens (primary N) is 1. The number of hydrogen-bond donors (Lipinski definition) is 1. The molecule has 3 heterocycles. The van der Waals surface area contributed by atoms with Gasteiger partial charge in [0.2, 0.25) is 5.91 Å². The number of fused-ring (bicyclic) bond motifs is 1. The molecule has 29 heavy (non-hydrogen) atoms. The van der Waals surface area contributed by atoms with Gasteiger partial charge in [0, 0.05) is 50.1 Å². The van der Waals surface area contributed by atoms with Crippen LogP contribution in [-0.2, 0) is 11.2 Å². The Morgan fingerprint density at radius 2 is 1.72 bits per heavy atom. The first-order valence-corrected chi connectivity index (χ1v) is 10.1. The van der Waals surface area contributed by atoms with Gasteiger partial charge in [-0.05, 0) is 38.0 Å². The van der Waals surface area contributed by atoms with Crippen LogP contribution in [0.15, 0.2) is 30.6 Å². The van der Waals surface area contributed by atoms with Crippen LogP contribution >= 0.6 is 0 Å². The van der Waals surface area contributed by atoms with Gasteiger partial charge in [0.25, 0.3) is 5.91 Å². The van der Waals surface area contributed by atoms with E-state index in [0.717, 1.165) is 43.1 Å². The third-order valence-electron chi connectivity index (χ3n) is 6.15. The van der Waals surface area contributed by atoms with Crippen LogP contribution in [0.1, 0.15) is 33.7 Å². The van der Waals surface area contributed by atoms with Crippen molar-refractivity contribution in [3.8, 4) is 0 Å². The van der Waals surface area contributed by atoms with Crippen LogP contribution in [-0.4, -0.2) is 52.9 Å². The van der Waals surface area contributed by atoms with E-state index in [1.54, 1.807) is 0 Å². The summed E-state index contributed by atoms with van der Waals surface area (Å²) in [7, 11) is 0. The largest absolute Gasteiger partial charge is 0.371 e. The fourth-order valence-electron chi connectivity index (χ4n) is 4.61. The van der Waals surface area contributed by atoms with E-state index in [0.29, 0.717) is 30.2 Å². The van der Waals surface area contributed by atoms with Gasteiger partial charge in [0.15, 0.2) is 0 Å². The van der Waals surface area contributed by atoms with E-state index >= 15 is 0 Å². The third-order valence-corrected chi connectivity index (χ3v) is 6.15. The molecule has 0 saturated carbocycles. The predicted octanol–water partition coefficient (Wildman–Crippen LogP) is 1.72. The summed E-state index contributed by atoms with van der Waals surface area (Å²) in [5.74, 6) is 0.720. The summed E-state index contributed by atoms with van der Waals surface area (Å²) < 4.78 is 0. The van der Waals surface area contributed by atoms with Crippen molar-refractivity contribution in [2.24, 2.45) is 17.6 Å². The van der Waals surface area contributed by atoms with Crippen LogP contribution in [0.3, 0.4) is 0 Å². The van der Waals surface area contributed by atoms with E-state index < -0.39 is 0 Å². The van der Waals surface area contributed by atoms with Crippen molar-refractivity contribution in [3.05, 3.63) is 53.1 Å². The molecule has 2 aliphatic heterocycles. The summed E-state index contributed by atoms with van der Waals surface area (Å²) >= 11 is 0. The number of primary amides is 1. The highest BCUT2D eigenvalue weighted by Crippen LogP contribution is 2.35. The highest BCUT2D eigenvalue weighted by atomic mass is 16.2. The van der Waals surface area contributed by atoms with Crippen LogP contribution in [0.25, 0.3) is 0 Å². The van der Waals surface area contributed by atoms with Crippen molar-refractivity contribution >= 4 is 17.5 Å². The maximum absolute atomic E-state index is 13.0. The van der Waals surface area contributed by atoms with Gasteiger partial charge in [0.05, 0.1) is 17.0 Å². The van der Waals surface area contributed by atoms with Crippen molar-refractivity contribution < 1.29 is 9.59 Å². The Morgan fingerprint density at radius 3 is 2.34 bits per heavy atom. The first-order chi connectivity index (χ1) is 13.9. The van der Waals surface area contributed by atoms with E-state index in [1.165, 1.54) is 12.0 Å². The monoisotopic (exact) mass is 393 g/mol. The molecule has 2 atom stereocenters. The fraction of sp³-hybridized carbons (Fsp3) is 0.455. The summed E-state index contributed by atoms with van der Waals surface area (Å²) in [6.07, 6.45) is 2.55. The number of nitrogens with zero attached hydrogens (tertiary/aromatic N) is 4. The van der Waals surface area contributed by atoms with Crippen LogP contribution < -0.4 is 10.6 Å². The molecule has 0 radical (unpaired) electrons. The van der Waals surface area contributed by atoms with Gasteiger partial charge in [-0.15, -0.1) is 0 Å². The number of likely N-dealkylation sites (tertiary alicyclic amines) is 1. The number of benzene rings is 1. The van der Waals surface area contributed by atoms with E-state index in [1.807, 2.05) is 30.9 Å². The average molecular weight is 393 g/mol. The minimum absolute atomic E-state index is 0.0509. The SMILES string of the molecule is Cc1ncnc(C)c1C(=O)N1CC2CN(c3cccc(CCC(N)=O)c3)CC2C1. The second-order valence-electron chi connectivity index (χ2n) is 8.19. The highest BCUT2D eigenvalue weighted by molar-refractivity contribution is 5.96. The lowest BCUT2D eigenvalue weighted by atomic mass is 10.0. The first kappa shape index (κ1) is 19.4. The second-order valence-corrected chi connectivity index (χ2v) is 8.19. The van der Waals surface area contributed by atoms with Gasteiger partial charge in [0.1, 0.15) is 6.33 Å². The average Bonchev–Trinajstić information content (AvgIpc) is 3.25. The molecule has 0 spiro atoms. The van der Waals surface area contributed by atoms with Crippen molar-refractivity contribution in [2.75, 3.05) is 31.1 Å². The van der Waals surface area contributed by atoms with Gasteiger partial charge in [-0.25, -0.2) is 9.97 Å². The summed E-state index contributed by atoms with van der Waals surface area (Å²) in [6, 6.07) is 8.35. The zero-order chi connectivity index (χ0) is 20.5. The number of anilines is 1. The lowest BCUT2D eigenvalue weighted by molar-refractivity contribution is -0.117. The molecule has 2 saturated heterocycles.